The Kier molecular flexibility index (Phi) is 8.30. The molecule has 0 heterocycles. The van der Waals surface area contributed by atoms with E-state index in [9.17, 15) is 4.79 Å². The molecule has 2 nitrogen and oxygen atoms in total. The van der Waals surface area contributed by atoms with E-state index in [2.05, 4.69) is 32.9 Å². The molecule has 14 heavy (non-hydrogen) atoms. The second-order valence-electron chi connectivity index (χ2n) is 3.82. The Morgan fingerprint density at radius 3 is 2.64 bits per heavy atom. The first kappa shape index (κ1) is 13.2. The van der Waals surface area contributed by atoms with Crippen molar-refractivity contribution in [1.29, 1.82) is 0 Å². The standard InChI is InChI=1S/C12H22O2/c1-4-5-6-7-10-14-12(13)9-8-11(2)3/h5-6,11H,4,7-10H2,1-3H3. The normalized spacial score (nSPS) is 11.1. The van der Waals surface area contributed by atoms with E-state index in [1.807, 2.05) is 0 Å². The minimum Gasteiger partial charge on any atom is -0.465 e. The number of hydrogen-bond donors (Lipinski definition) is 0. The Balaban J connectivity index is 3.31. The third-order valence-corrected chi connectivity index (χ3v) is 1.88. The van der Waals surface area contributed by atoms with Gasteiger partial charge in [0.05, 0.1) is 6.61 Å². The Labute approximate surface area is 87.3 Å². The summed E-state index contributed by atoms with van der Waals surface area (Å²) in [6.07, 6.45) is 7.49. The van der Waals surface area contributed by atoms with Crippen LogP contribution in [-0.2, 0) is 9.53 Å². The largest absolute Gasteiger partial charge is 0.465 e. The maximum atomic E-state index is 11.1. The van der Waals surface area contributed by atoms with Crippen molar-refractivity contribution in [2.24, 2.45) is 5.92 Å². The topological polar surface area (TPSA) is 26.3 Å². The molecule has 0 aliphatic carbocycles. The van der Waals surface area contributed by atoms with Gasteiger partial charge in [-0.3, -0.25) is 4.79 Å². The second-order valence-corrected chi connectivity index (χ2v) is 3.82. The predicted octanol–water partition coefficient (Wildman–Crippen LogP) is 3.32. The lowest BCUT2D eigenvalue weighted by molar-refractivity contribution is -0.143. The van der Waals surface area contributed by atoms with Crippen molar-refractivity contribution in [3.8, 4) is 0 Å². The number of carbonyl (C=O) groups excluding carboxylic acids is 1. The summed E-state index contributed by atoms with van der Waals surface area (Å²) in [5.74, 6) is 0.506. The van der Waals surface area contributed by atoms with Crippen LogP contribution in [0.4, 0.5) is 0 Å². The van der Waals surface area contributed by atoms with Gasteiger partial charge >= 0.3 is 5.97 Å². The zero-order valence-electron chi connectivity index (χ0n) is 9.58. The van der Waals surface area contributed by atoms with Gasteiger partial charge in [0, 0.05) is 6.42 Å². The van der Waals surface area contributed by atoms with Crippen molar-refractivity contribution < 1.29 is 9.53 Å². The quantitative estimate of drug-likeness (QED) is 0.356. The van der Waals surface area contributed by atoms with Crippen molar-refractivity contribution in [3.05, 3.63) is 12.2 Å². The van der Waals surface area contributed by atoms with Crippen LogP contribution in [-0.4, -0.2) is 12.6 Å². The Morgan fingerprint density at radius 1 is 1.36 bits per heavy atom. The van der Waals surface area contributed by atoms with E-state index in [4.69, 9.17) is 4.74 Å². The van der Waals surface area contributed by atoms with E-state index in [-0.39, 0.29) is 5.97 Å². The van der Waals surface area contributed by atoms with E-state index in [1.165, 1.54) is 0 Å². The van der Waals surface area contributed by atoms with E-state index >= 15 is 0 Å². The molecule has 0 aromatic carbocycles. The second kappa shape index (κ2) is 8.79. The maximum absolute atomic E-state index is 11.1. The van der Waals surface area contributed by atoms with Crippen LogP contribution in [0.15, 0.2) is 12.2 Å². The SMILES string of the molecule is CCC=CCCOC(=O)CCC(C)C. The van der Waals surface area contributed by atoms with E-state index in [0.29, 0.717) is 18.9 Å². The minimum absolute atomic E-state index is 0.0661. The van der Waals surface area contributed by atoms with Crippen LogP contribution in [0.3, 0.4) is 0 Å². The zero-order valence-corrected chi connectivity index (χ0v) is 9.58. The molecule has 0 atom stereocenters. The highest BCUT2D eigenvalue weighted by Crippen LogP contribution is 2.04. The summed E-state index contributed by atoms with van der Waals surface area (Å²) in [6.45, 7) is 6.83. The van der Waals surface area contributed by atoms with Crippen molar-refractivity contribution in [3.63, 3.8) is 0 Å². The van der Waals surface area contributed by atoms with Crippen LogP contribution < -0.4 is 0 Å². The highest BCUT2D eigenvalue weighted by atomic mass is 16.5. The molecular weight excluding hydrogens is 176 g/mol. The number of rotatable bonds is 7. The molecule has 0 amide bonds. The van der Waals surface area contributed by atoms with Gasteiger partial charge < -0.3 is 4.74 Å². The summed E-state index contributed by atoms with van der Waals surface area (Å²) in [6, 6.07) is 0. The first-order valence-electron chi connectivity index (χ1n) is 5.47. The molecule has 2 heteroatoms. The van der Waals surface area contributed by atoms with Crippen molar-refractivity contribution in [1.82, 2.24) is 0 Å². The number of esters is 1. The van der Waals surface area contributed by atoms with Crippen LogP contribution in [0, 0.1) is 5.92 Å². The van der Waals surface area contributed by atoms with Gasteiger partial charge in [0.25, 0.3) is 0 Å². The van der Waals surface area contributed by atoms with Crippen LogP contribution in [0.25, 0.3) is 0 Å². The Morgan fingerprint density at radius 2 is 2.07 bits per heavy atom. The summed E-state index contributed by atoms with van der Waals surface area (Å²) in [4.78, 5) is 11.1. The molecule has 0 aliphatic rings. The molecule has 0 rings (SSSR count). The highest BCUT2D eigenvalue weighted by Gasteiger charge is 2.03. The fourth-order valence-electron chi connectivity index (χ4n) is 1.00. The molecular formula is C12H22O2. The molecule has 0 aliphatic heterocycles. The van der Waals surface area contributed by atoms with Gasteiger partial charge in [0.15, 0.2) is 0 Å². The van der Waals surface area contributed by atoms with Gasteiger partial charge in [0.1, 0.15) is 0 Å². The van der Waals surface area contributed by atoms with Crippen LogP contribution >= 0.6 is 0 Å². The fraction of sp³-hybridized carbons (Fsp3) is 0.750. The summed E-state index contributed by atoms with van der Waals surface area (Å²) in [5.41, 5.74) is 0. The van der Waals surface area contributed by atoms with Gasteiger partial charge in [-0.2, -0.15) is 0 Å². The monoisotopic (exact) mass is 198 g/mol. The Bertz CT molecular complexity index is 171. The maximum Gasteiger partial charge on any atom is 0.305 e. The van der Waals surface area contributed by atoms with Gasteiger partial charge in [-0.25, -0.2) is 0 Å². The minimum atomic E-state index is -0.0661. The first-order chi connectivity index (χ1) is 6.66. The predicted molar refractivity (Wildman–Crippen MR) is 59.1 cm³/mol. The van der Waals surface area contributed by atoms with E-state index < -0.39 is 0 Å². The summed E-state index contributed by atoms with van der Waals surface area (Å²) < 4.78 is 5.05. The fourth-order valence-corrected chi connectivity index (χ4v) is 1.00. The smallest absolute Gasteiger partial charge is 0.305 e. The molecule has 0 bridgehead atoms. The van der Waals surface area contributed by atoms with Crippen LogP contribution in [0.2, 0.25) is 0 Å². The molecule has 0 spiro atoms. The number of carbonyl (C=O) groups is 1. The zero-order chi connectivity index (χ0) is 10.8. The number of allylic oxidation sites excluding steroid dienone is 1. The molecule has 0 unspecified atom stereocenters. The number of hydrogen-bond acceptors (Lipinski definition) is 2. The summed E-state index contributed by atoms with van der Waals surface area (Å²) in [5, 5.41) is 0. The lowest BCUT2D eigenvalue weighted by Gasteiger charge is -2.04. The first-order valence-corrected chi connectivity index (χ1v) is 5.47. The van der Waals surface area contributed by atoms with Crippen LogP contribution in [0.1, 0.15) is 46.5 Å². The highest BCUT2D eigenvalue weighted by molar-refractivity contribution is 5.69. The molecule has 0 N–H and O–H groups in total. The third-order valence-electron chi connectivity index (χ3n) is 1.88. The van der Waals surface area contributed by atoms with Gasteiger partial charge in [0.2, 0.25) is 0 Å². The summed E-state index contributed by atoms with van der Waals surface area (Å²) >= 11 is 0. The lowest BCUT2D eigenvalue weighted by atomic mass is 10.1. The molecule has 0 aromatic heterocycles. The lowest BCUT2D eigenvalue weighted by Crippen LogP contribution is -2.06. The van der Waals surface area contributed by atoms with Crippen molar-refractivity contribution >= 4 is 5.97 Å². The Hall–Kier alpha value is -0.790. The van der Waals surface area contributed by atoms with Crippen molar-refractivity contribution in [2.75, 3.05) is 6.61 Å². The van der Waals surface area contributed by atoms with Gasteiger partial charge in [-0.05, 0) is 25.2 Å². The molecule has 0 saturated heterocycles. The molecule has 82 valence electrons. The van der Waals surface area contributed by atoms with Gasteiger partial charge in [-0.1, -0.05) is 32.9 Å². The number of ether oxygens (including phenoxy) is 1. The van der Waals surface area contributed by atoms with E-state index in [1.54, 1.807) is 0 Å². The third kappa shape index (κ3) is 9.30. The average Bonchev–Trinajstić information content (AvgIpc) is 2.14. The van der Waals surface area contributed by atoms with Crippen molar-refractivity contribution in [2.45, 2.75) is 46.5 Å². The van der Waals surface area contributed by atoms with Gasteiger partial charge in [-0.15, -0.1) is 0 Å². The summed E-state index contributed by atoms with van der Waals surface area (Å²) in [7, 11) is 0. The molecule has 0 aromatic rings. The average molecular weight is 198 g/mol. The van der Waals surface area contributed by atoms with E-state index in [0.717, 1.165) is 19.3 Å². The van der Waals surface area contributed by atoms with Crippen LogP contribution in [0.5, 0.6) is 0 Å². The molecule has 0 radical (unpaired) electrons. The molecule has 0 fully saturated rings. The molecule has 0 saturated carbocycles.